The number of rotatable bonds is 13. The monoisotopic (exact) mass is 393 g/mol. The number of carboxylic acid groups (broad SMARTS) is 1. The molecule has 2 unspecified atom stereocenters. The van der Waals surface area contributed by atoms with Crippen LogP contribution in [0.4, 0.5) is 4.79 Å². The lowest BCUT2D eigenvalue weighted by atomic mass is 9.99. The molecule has 0 saturated carbocycles. The number of unbranched alkanes of at least 4 members (excludes halogenated alkanes) is 2. The molecule has 0 aliphatic carbocycles. The highest BCUT2D eigenvalue weighted by atomic mass is 16.6. The third-order valence-electron chi connectivity index (χ3n) is 4.91. The number of aliphatic hydroxyl groups is 1. The third kappa shape index (κ3) is 8.27. The van der Waals surface area contributed by atoms with Crippen LogP contribution in [0.1, 0.15) is 44.1 Å². The molecule has 0 aromatic heterocycles. The maximum absolute atomic E-state index is 12.1. The molecule has 0 spiro atoms. The van der Waals surface area contributed by atoms with Crippen molar-refractivity contribution in [1.82, 2.24) is 4.90 Å². The smallest absolute Gasteiger partial charge is 0.410 e. The Morgan fingerprint density at radius 1 is 1.25 bits per heavy atom. The Labute approximate surface area is 166 Å². The normalized spacial score (nSPS) is 18.0. The van der Waals surface area contributed by atoms with Crippen LogP contribution in [0.5, 0.6) is 0 Å². The number of hydrogen-bond acceptors (Lipinski definition) is 5. The van der Waals surface area contributed by atoms with Gasteiger partial charge in [0.15, 0.2) is 0 Å². The maximum Gasteiger partial charge on any atom is 0.410 e. The number of carbonyl (C=O) groups excluding carboxylic acids is 1. The van der Waals surface area contributed by atoms with E-state index in [2.05, 4.69) is 0 Å². The van der Waals surface area contributed by atoms with Crippen molar-refractivity contribution in [3.63, 3.8) is 0 Å². The van der Waals surface area contributed by atoms with Gasteiger partial charge in [0.25, 0.3) is 0 Å². The number of ether oxygens (including phenoxy) is 2. The van der Waals surface area contributed by atoms with Crippen molar-refractivity contribution in [1.29, 1.82) is 0 Å². The zero-order chi connectivity index (χ0) is 20.2. The summed E-state index contributed by atoms with van der Waals surface area (Å²) in [6.45, 7) is 1.17. The fourth-order valence-electron chi connectivity index (χ4n) is 3.44. The Balaban J connectivity index is 1.69. The summed E-state index contributed by atoms with van der Waals surface area (Å²) >= 11 is 0. The van der Waals surface area contributed by atoms with Crippen molar-refractivity contribution in [2.24, 2.45) is 0 Å². The van der Waals surface area contributed by atoms with Gasteiger partial charge in [0.1, 0.15) is 6.61 Å². The van der Waals surface area contributed by atoms with Crippen LogP contribution in [0.2, 0.25) is 0 Å². The van der Waals surface area contributed by atoms with E-state index in [-0.39, 0.29) is 18.7 Å². The fourth-order valence-corrected chi connectivity index (χ4v) is 3.44. The van der Waals surface area contributed by atoms with E-state index in [4.69, 9.17) is 14.6 Å². The van der Waals surface area contributed by atoms with Crippen LogP contribution in [-0.2, 0) is 20.7 Å². The number of aliphatic hydroxyl groups excluding tert-OH is 1. The molecular formula is C21H31NO6. The quantitative estimate of drug-likeness (QED) is 0.500. The molecule has 2 rings (SSSR count). The van der Waals surface area contributed by atoms with Crippen LogP contribution in [-0.4, -0.2) is 65.7 Å². The summed E-state index contributed by atoms with van der Waals surface area (Å²) in [6, 6.07) is 10.00. The number of carbonyl (C=O) groups is 2. The first-order chi connectivity index (χ1) is 13.6. The van der Waals surface area contributed by atoms with Gasteiger partial charge in [-0.15, -0.1) is 0 Å². The number of hydrogen-bond donors (Lipinski definition) is 2. The predicted octanol–water partition coefficient (Wildman–Crippen LogP) is 2.85. The Morgan fingerprint density at radius 3 is 2.79 bits per heavy atom. The minimum atomic E-state index is -0.964. The standard InChI is InChI=1S/C21H31NO6/c23-19(15-17-7-3-1-4-8-17)10-9-18-11-14-28-21(26)22(18)12-5-2-6-13-27-16-20(24)25/h1,3-4,7-8,18-19,23H,2,5-6,9-16H2,(H,24,25). The third-order valence-corrected chi connectivity index (χ3v) is 4.91. The molecule has 156 valence electrons. The molecule has 1 aromatic rings. The Kier molecular flexibility index (Phi) is 9.79. The zero-order valence-corrected chi connectivity index (χ0v) is 16.3. The maximum atomic E-state index is 12.1. The number of amides is 1. The molecule has 1 saturated heterocycles. The van der Waals surface area contributed by atoms with Gasteiger partial charge in [0.05, 0.1) is 12.7 Å². The molecule has 0 radical (unpaired) electrons. The number of carboxylic acids is 1. The Bertz CT molecular complexity index is 594. The van der Waals surface area contributed by atoms with Crippen LogP contribution in [0.25, 0.3) is 0 Å². The molecule has 1 aromatic carbocycles. The number of cyclic esters (lactones) is 1. The molecule has 7 nitrogen and oxygen atoms in total. The first kappa shape index (κ1) is 22.2. The van der Waals surface area contributed by atoms with Crippen molar-refractivity contribution in [2.45, 2.75) is 57.1 Å². The minimum absolute atomic E-state index is 0.0925. The summed E-state index contributed by atoms with van der Waals surface area (Å²) in [5.74, 6) is -0.964. The van der Waals surface area contributed by atoms with E-state index in [9.17, 15) is 14.7 Å². The van der Waals surface area contributed by atoms with Crippen LogP contribution in [0.15, 0.2) is 30.3 Å². The summed E-state index contributed by atoms with van der Waals surface area (Å²) in [5.41, 5.74) is 1.11. The highest BCUT2D eigenvalue weighted by molar-refractivity contribution is 5.68. The highest BCUT2D eigenvalue weighted by Gasteiger charge is 2.29. The number of benzene rings is 1. The van der Waals surface area contributed by atoms with Crippen molar-refractivity contribution in [3.05, 3.63) is 35.9 Å². The van der Waals surface area contributed by atoms with Crippen molar-refractivity contribution in [3.8, 4) is 0 Å². The summed E-state index contributed by atoms with van der Waals surface area (Å²) in [7, 11) is 0. The second-order valence-corrected chi connectivity index (χ2v) is 7.18. The fraction of sp³-hybridized carbons (Fsp3) is 0.619. The topological polar surface area (TPSA) is 96.3 Å². The van der Waals surface area contributed by atoms with E-state index in [1.54, 1.807) is 4.90 Å². The van der Waals surface area contributed by atoms with Gasteiger partial charge < -0.3 is 24.6 Å². The molecule has 0 bridgehead atoms. The SMILES string of the molecule is O=C(O)COCCCCCN1C(=O)OCCC1CCC(O)Cc1ccccc1. The van der Waals surface area contributed by atoms with Gasteiger partial charge in [-0.25, -0.2) is 9.59 Å². The first-order valence-corrected chi connectivity index (χ1v) is 10.0. The molecule has 2 N–H and O–H groups in total. The number of aliphatic carboxylic acids is 1. The van der Waals surface area contributed by atoms with Gasteiger partial charge in [-0.05, 0) is 44.1 Å². The molecule has 1 aliphatic rings. The highest BCUT2D eigenvalue weighted by Crippen LogP contribution is 2.20. The molecule has 1 fully saturated rings. The van der Waals surface area contributed by atoms with Crippen LogP contribution in [0.3, 0.4) is 0 Å². The van der Waals surface area contributed by atoms with Crippen LogP contribution >= 0.6 is 0 Å². The second kappa shape index (κ2) is 12.4. The summed E-state index contributed by atoms with van der Waals surface area (Å²) in [5, 5.41) is 18.8. The van der Waals surface area contributed by atoms with E-state index >= 15 is 0 Å². The molecule has 28 heavy (non-hydrogen) atoms. The molecular weight excluding hydrogens is 362 g/mol. The van der Waals surface area contributed by atoms with E-state index < -0.39 is 12.1 Å². The first-order valence-electron chi connectivity index (χ1n) is 10.0. The lowest BCUT2D eigenvalue weighted by Gasteiger charge is -2.35. The average molecular weight is 393 g/mol. The minimum Gasteiger partial charge on any atom is -0.480 e. The Morgan fingerprint density at radius 2 is 2.04 bits per heavy atom. The van der Waals surface area contributed by atoms with Crippen molar-refractivity contribution >= 4 is 12.1 Å². The lowest BCUT2D eigenvalue weighted by molar-refractivity contribution is -0.142. The molecule has 1 heterocycles. The summed E-state index contributed by atoms with van der Waals surface area (Å²) in [4.78, 5) is 24.3. The van der Waals surface area contributed by atoms with E-state index in [1.807, 2.05) is 30.3 Å². The van der Waals surface area contributed by atoms with Gasteiger partial charge in [0.2, 0.25) is 0 Å². The summed E-state index contributed by atoms with van der Waals surface area (Å²) < 4.78 is 10.2. The molecule has 1 amide bonds. The van der Waals surface area contributed by atoms with Crippen LogP contribution in [0, 0.1) is 0 Å². The average Bonchev–Trinajstić information content (AvgIpc) is 2.67. The van der Waals surface area contributed by atoms with Crippen molar-refractivity contribution in [2.75, 3.05) is 26.4 Å². The molecule has 2 atom stereocenters. The van der Waals surface area contributed by atoms with Gasteiger partial charge in [-0.1, -0.05) is 30.3 Å². The van der Waals surface area contributed by atoms with Gasteiger partial charge >= 0.3 is 12.1 Å². The number of nitrogens with zero attached hydrogens (tertiary/aromatic N) is 1. The van der Waals surface area contributed by atoms with Gasteiger partial charge in [0, 0.05) is 25.6 Å². The van der Waals surface area contributed by atoms with Crippen LogP contribution < -0.4 is 0 Å². The second-order valence-electron chi connectivity index (χ2n) is 7.18. The van der Waals surface area contributed by atoms with Gasteiger partial charge in [-0.3, -0.25) is 0 Å². The largest absolute Gasteiger partial charge is 0.480 e. The summed E-state index contributed by atoms with van der Waals surface area (Å²) in [6.07, 6.45) is 4.53. The predicted molar refractivity (Wildman–Crippen MR) is 104 cm³/mol. The molecule has 1 aliphatic heterocycles. The van der Waals surface area contributed by atoms with E-state index in [1.165, 1.54) is 0 Å². The van der Waals surface area contributed by atoms with Crippen molar-refractivity contribution < 1.29 is 29.3 Å². The lowest BCUT2D eigenvalue weighted by Crippen LogP contribution is -2.46. The molecule has 7 heteroatoms. The van der Waals surface area contributed by atoms with E-state index in [0.717, 1.165) is 37.7 Å². The zero-order valence-electron chi connectivity index (χ0n) is 16.3. The van der Waals surface area contributed by atoms with Gasteiger partial charge in [-0.2, -0.15) is 0 Å². The Hall–Kier alpha value is -2.12. The van der Waals surface area contributed by atoms with E-state index in [0.29, 0.717) is 32.6 Å².